The Morgan fingerprint density at radius 3 is 2.69 bits per heavy atom. The van der Waals surface area contributed by atoms with Gasteiger partial charge in [-0.25, -0.2) is 9.97 Å². The number of H-pyrrole nitrogens is 1. The molecule has 0 radical (unpaired) electrons. The number of hydrogen-bond donors (Lipinski definition) is 3. The fourth-order valence-corrected chi connectivity index (χ4v) is 4.49. The van der Waals surface area contributed by atoms with Crippen molar-refractivity contribution in [3.05, 3.63) is 58.9 Å². The lowest BCUT2D eigenvalue weighted by Crippen LogP contribution is -2.20. The van der Waals surface area contributed by atoms with Gasteiger partial charge in [-0.3, -0.25) is 9.36 Å². The van der Waals surface area contributed by atoms with Crippen molar-refractivity contribution in [3.63, 3.8) is 0 Å². The molecule has 35 heavy (non-hydrogen) atoms. The normalized spacial score (nSPS) is 19.5. The van der Waals surface area contributed by atoms with Crippen molar-refractivity contribution in [3.8, 4) is 17.1 Å². The topological polar surface area (TPSA) is 152 Å². The number of tetrazole rings is 1. The Bertz CT molecular complexity index is 1330. The third-order valence-electron chi connectivity index (χ3n) is 6.56. The standard InChI is InChI=1S/C23H25N11O/c35-21-8-4-16(22-29-32-33-30-22)13-34(21)18-6-7-20(24-11-18)27-17-5-1-14(9-17)10-25-23-26-12-19(28-31-23)15-2-3-15/h4,6-8,11-15,17H,1-3,5,9-10H2,(H,24,27)(H,25,26,31)(H,29,30,32,33)/t14?,17-/m0/s1. The van der Waals surface area contributed by atoms with Crippen molar-refractivity contribution in [2.24, 2.45) is 5.92 Å². The molecule has 12 nitrogen and oxygen atoms in total. The summed E-state index contributed by atoms with van der Waals surface area (Å²) in [6, 6.07) is 7.27. The van der Waals surface area contributed by atoms with Crippen molar-refractivity contribution in [1.29, 1.82) is 0 Å². The molecule has 6 rings (SSSR count). The van der Waals surface area contributed by atoms with Crippen LogP contribution in [0.3, 0.4) is 0 Å². The number of hydrogen-bond acceptors (Lipinski definition) is 10. The van der Waals surface area contributed by atoms with E-state index in [-0.39, 0.29) is 5.56 Å². The Hall–Kier alpha value is -4.22. The smallest absolute Gasteiger partial charge is 0.255 e. The molecule has 2 aliphatic rings. The molecule has 178 valence electrons. The monoisotopic (exact) mass is 471 g/mol. The lowest BCUT2D eigenvalue weighted by atomic mass is 10.1. The fraction of sp³-hybridized carbons (Fsp3) is 0.391. The van der Waals surface area contributed by atoms with E-state index >= 15 is 0 Å². The Kier molecular flexibility index (Phi) is 5.60. The molecule has 12 heteroatoms. The van der Waals surface area contributed by atoms with Gasteiger partial charge < -0.3 is 10.6 Å². The van der Waals surface area contributed by atoms with Crippen LogP contribution < -0.4 is 16.2 Å². The maximum atomic E-state index is 12.4. The van der Waals surface area contributed by atoms with Crippen molar-refractivity contribution in [2.75, 3.05) is 17.2 Å². The number of aromatic nitrogens is 9. The minimum Gasteiger partial charge on any atom is -0.367 e. The summed E-state index contributed by atoms with van der Waals surface area (Å²) >= 11 is 0. The van der Waals surface area contributed by atoms with Crippen molar-refractivity contribution in [2.45, 2.75) is 44.1 Å². The molecule has 0 aromatic carbocycles. The summed E-state index contributed by atoms with van der Waals surface area (Å²) in [5.41, 5.74) is 2.20. The zero-order chi connectivity index (χ0) is 23.6. The third-order valence-corrected chi connectivity index (χ3v) is 6.56. The van der Waals surface area contributed by atoms with E-state index < -0.39 is 0 Å². The van der Waals surface area contributed by atoms with Gasteiger partial charge in [0.25, 0.3) is 5.56 Å². The molecule has 2 atom stereocenters. The van der Waals surface area contributed by atoms with E-state index in [0.717, 1.165) is 37.3 Å². The average Bonchev–Trinajstić information content (AvgIpc) is 3.40. The molecule has 2 saturated carbocycles. The van der Waals surface area contributed by atoms with Gasteiger partial charge in [-0.2, -0.15) is 5.21 Å². The Balaban J connectivity index is 1.04. The zero-order valence-corrected chi connectivity index (χ0v) is 19.0. The largest absolute Gasteiger partial charge is 0.367 e. The maximum Gasteiger partial charge on any atom is 0.255 e. The average molecular weight is 472 g/mol. The van der Waals surface area contributed by atoms with Gasteiger partial charge in [-0.15, -0.1) is 20.4 Å². The molecule has 0 spiro atoms. The van der Waals surface area contributed by atoms with E-state index in [0.29, 0.717) is 40.9 Å². The summed E-state index contributed by atoms with van der Waals surface area (Å²) in [7, 11) is 0. The maximum absolute atomic E-state index is 12.4. The molecule has 0 aliphatic heterocycles. The zero-order valence-electron chi connectivity index (χ0n) is 19.0. The Labute approximate surface area is 200 Å². The van der Waals surface area contributed by atoms with E-state index in [1.807, 2.05) is 18.3 Å². The fourth-order valence-electron chi connectivity index (χ4n) is 4.49. The highest BCUT2D eigenvalue weighted by molar-refractivity contribution is 5.53. The van der Waals surface area contributed by atoms with Crippen LogP contribution in [0.15, 0.2) is 47.7 Å². The Morgan fingerprint density at radius 1 is 1.00 bits per heavy atom. The summed E-state index contributed by atoms with van der Waals surface area (Å²) in [5.74, 6) is 2.91. The van der Waals surface area contributed by atoms with Crippen LogP contribution >= 0.6 is 0 Å². The van der Waals surface area contributed by atoms with Crippen LogP contribution in [0.5, 0.6) is 0 Å². The second-order valence-corrected chi connectivity index (χ2v) is 9.15. The van der Waals surface area contributed by atoms with Gasteiger partial charge >= 0.3 is 0 Å². The van der Waals surface area contributed by atoms with Crippen molar-refractivity contribution < 1.29 is 0 Å². The molecule has 4 heterocycles. The van der Waals surface area contributed by atoms with E-state index in [4.69, 9.17) is 0 Å². The molecule has 3 N–H and O–H groups in total. The summed E-state index contributed by atoms with van der Waals surface area (Å²) in [4.78, 5) is 21.3. The van der Waals surface area contributed by atoms with Gasteiger partial charge in [0, 0.05) is 36.3 Å². The summed E-state index contributed by atoms with van der Waals surface area (Å²) in [5, 5.41) is 29.3. The number of anilines is 2. The van der Waals surface area contributed by atoms with Crippen LogP contribution in [0, 0.1) is 5.92 Å². The van der Waals surface area contributed by atoms with Gasteiger partial charge in [0.05, 0.1) is 23.8 Å². The highest BCUT2D eigenvalue weighted by Gasteiger charge is 2.27. The van der Waals surface area contributed by atoms with Crippen LogP contribution in [0.1, 0.15) is 43.7 Å². The molecular weight excluding hydrogens is 446 g/mol. The van der Waals surface area contributed by atoms with Gasteiger partial charge in [-0.1, -0.05) is 0 Å². The summed E-state index contributed by atoms with van der Waals surface area (Å²) < 4.78 is 1.52. The van der Waals surface area contributed by atoms with Gasteiger partial charge in [0.1, 0.15) is 5.82 Å². The second kappa shape index (κ2) is 9.20. The molecule has 4 aromatic rings. The first-order valence-corrected chi connectivity index (χ1v) is 11.8. The van der Waals surface area contributed by atoms with E-state index in [1.165, 1.54) is 23.5 Å². The second-order valence-electron chi connectivity index (χ2n) is 9.15. The minimum atomic E-state index is -0.160. The lowest BCUT2D eigenvalue weighted by molar-refractivity contribution is 0.569. The van der Waals surface area contributed by atoms with E-state index in [9.17, 15) is 4.79 Å². The number of pyridine rings is 2. The molecular formula is C23H25N11O. The van der Waals surface area contributed by atoms with Crippen LogP contribution in [0.4, 0.5) is 11.8 Å². The van der Waals surface area contributed by atoms with Crippen LogP contribution in [0.25, 0.3) is 17.1 Å². The number of nitrogens with one attached hydrogen (secondary N) is 3. The first kappa shape index (κ1) is 21.3. The third kappa shape index (κ3) is 4.86. The molecule has 2 aliphatic carbocycles. The molecule has 4 aromatic heterocycles. The van der Waals surface area contributed by atoms with E-state index in [2.05, 4.69) is 51.4 Å². The SMILES string of the molecule is O=c1ccc(-c2nn[nH]n2)cn1-c1ccc(N[C@H]2CCC(CNc3ncc(C4CC4)nn3)C2)nc1. The van der Waals surface area contributed by atoms with Crippen molar-refractivity contribution >= 4 is 11.8 Å². The molecule has 0 bridgehead atoms. The van der Waals surface area contributed by atoms with Crippen molar-refractivity contribution in [1.82, 2.24) is 45.4 Å². The highest BCUT2D eigenvalue weighted by Crippen LogP contribution is 2.38. The minimum absolute atomic E-state index is 0.160. The molecule has 1 unspecified atom stereocenters. The van der Waals surface area contributed by atoms with Crippen LogP contribution in [-0.4, -0.2) is 57.9 Å². The number of rotatable bonds is 8. The van der Waals surface area contributed by atoms with Gasteiger partial charge in [0.15, 0.2) is 0 Å². The molecule has 0 amide bonds. The predicted octanol–water partition coefficient (Wildman–Crippen LogP) is 2.17. The van der Waals surface area contributed by atoms with Crippen LogP contribution in [0.2, 0.25) is 0 Å². The molecule has 2 fully saturated rings. The lowest BCUT2D eigenvalue weighted by Gasteiger charge is -2.15. The number of aromatic amines is 1. The summed E-state index contributed by atoms with van der Waals surface area (Å²) in [6.45, 7) is 0.828. The van der Waals surface area contributed by atoms with E-state index in [1.54, 1.807) is 18.5 Å². The number of nitrogens with zero attached hydrogens (tertiary/aromatic N) is 8. The Morgan fingerprint density at radius 2 is 1.94 bits per heavy atom. The first-order chi connectivity index (χ1) is 17.2. The predicted molar refractivity (Wildman–Crippen MR) is 128 cm³/mol. The van der Waals surface area contributed by atoms with Gasteiger partial charge in [0.2, 0.25) is 11.8 Å². The highest BCUT2D eigenvalue weighted by atomic mass is 16.1. The van der Waals surface area contributed by atoms with Crippen LogP contribution in [-0.2, 0) is 0 Å². The van der Waals surface area contributed by atoms with Gasteiger partial charge in [-0.05, 0) is 61.4 Å². The quantitative estimate of drug-likeness (QED) is 0.348. The first-order valence-electron chi connectivity index (χ1n) is 11.8. The molecule has 0 saturated heterocycles. The summed E-state index contributed by atoms with van der Waals surface area (Å²) in [6.07, 6.45) is 10.8.